The second-order valence-corrected chi connectivity index (χ2v) is 5.04. The lowest BCUT2D eigenvalue weighted by molar-refractivity contribution is -0.0407. The topological polar surface area (TPSA) is 43.0 Å². The summed E-state index contributed by atoms with van der Waals surface area (Å²) < 4.78 is 17.1. The molecule has 1 atom stereocenters. The third-order valence-corrected chi connectivity index (χ3v) is 3.40. The summed E-state index contributed by atoms with van der Waals surface area (Å²) in [5, 5.41) is 3.15. The maximum absolute atomic E-state index is 5.98. The molecule has 1 unspecified atom stereocenters. The Hall–Kier alpha value is -1.30. The van der Waals surface area contributed by atoms with Gasteiger partial charge < -0.3 is 24.4 Å². The maximum Gasteiger partial charge on any atom is 0.165 e. The van der Waals surface area contributed by atoms with E-state index in [2.05, 4.69) is 17.3 Å². The number of hydrogen-bond donors (Lipinski definition) is 1. The highest BCUT2D eigenvalue weighted by Crippen LogP contribution is 2.31. The van der Waals surface area contributed by atoms with Crippen LogP contribution in [0.4, 0.5) is 0 Å². The van der Waals surface area contributed by atoms with Crippen molar-refractivity contribution in [1.29, 1.82) is 0 Å². The van der Waals surface area contributed by atoms with Crippen LogP contribution in [0.15, 0.2) is 18.2 Å². The van der Waals surface area contributed by atoms with Crippen molar-refractivity contribution in [2.75, 3.05) is 47.5 Å². The Kier molecular flexibility index (Phi) is 5.64. The Labute approximate surface area is 120 Å². The van der Waals surface area contributed by atoms with Crippen molar-refractivity contribution >= 4 is 0 Å². The molecule has 0 saturated carbocycles. The van der Waals surface area contributed by atoms with Gasteiger partial charge in [-0.15, -0.1) is 0 Å². The van der Waals surface area contributed by atoms with E-state index in [1.807, 2.05) is 25.2 Å². The molecule has 1 aliphatic heterocycles. The Morgan fingerprint density at radius 1 is 1.45 bits per heavy atom. The number of benzene rings is 1. The zero-order valence-electron chi connectivity index (χ0n) is 12.5. The second kappa shape index (κ2) is 7.47. The zero-order chi connectivity index (χ0) is 14.4. The summed E-state index contributed by atoms with van der Waals surface area (Å²) >= 11 is 0. The molecule has 5 heteroatoms. The number of hydrogen-bond acceptors (Lipinski definition) is 5. The highest BCUT2D eigenvalue weighted by Gasteiger charge is 2.19. The summed E-state index contributed by atoms with van der Waals surface area (Å²) in [6, 6.07) is 5.94. The first-order valence-corrected chi connectivity index (χ1v) is 6.98. The van der Waals surface area contributed by atoms with Crippen LogP contribution in [-0.2, 0) is 11.3 Å². The lowest BCUT2D eigenvalue weighted by atomic mass is 10.2. The van der Waals surface area contributed by atoms with E-state index in [1.54, 1.807) is 7.11 Å². The molecule has 0 bridgehead atoms. The first kappa shape index (κ1) is 15.1. The smallest absolute Gasteiger partial charge is 0.165 e. The van der Waals surface area contributed by atoms with Gasteiger partial charge in [-0.25, -0.2) is 0 Å². The number of likely N-dealkylation sites (N-methyl/N-ethyl adjacent to an activating group) is 1. The summed E-state index contributed by atoms with van der Waals surface area (Å²) in [5.74, 6) is 1.57. The van der Waals surface area contributed by atoms with Gasteiger partial charge in [0.2, 0.25) is 0 Å². The summed E-state index contributed by atoms with van der Waals surface area (Å²) in [6.07, 6.45) is 0.112. The molecule has 0 radical (unpaired) electrons. The summed E-state index contributed by atoms with van der Waals surface area (Å²) in [7, 11) is 5.68. The number of morpholine rings is 1. The largest absolute Gasteiger partial charge is 0.493 e. The minimum atomic E-state index is 0.112. The molecule has 112 valence electrons. The van der Waals surface area contributed by atoms with Gasteiger partial charge in [0.1, 0.15) is 12.7 Å². The van der Waals surface area contributed by atoms with E-state index >= 15 is 0 Å². The molecule has 1 heterocycles. The number of nitrogens with zero attached hydrogens (tertiary/aromatic N) is 1. The van der Waals surface area contributed by atoms with E-state index in [0.717, 1.165) is 43.3 Å². The molecule has 0 amide bonds. The van der Waals surface area contributed by atoms with E-state index in [-0.39, 0.29) is 6.10 Å². The van der Waals surface area contributed by atoms with Crippen molar-refractivity contribution in [2.24, 2.45) is 0 Å². The van der Waals surface area contributed by atoms with Gasteiger partial charge in [0, 0.05) is 25.2 Å². The van der Waals surface area contributed by atoms with Crippen LogP contribution < -0.4 is 14.8 Å². The maximum atomic E-state index is 5.98. The second-order valence-electron chi connectivity index (χ2n) is 5.04. The third kappa shape index (κ3) is 3.85. The number of methoxy groups -OCH3 is 1. The lowest BCUT2D eigenvalue weighted by Crippen LogP contribution is -2.42. The lowest BCUT2D eigenvalue weighted by Gasteiger charge is -2.30. The highest BCUT2D eigenvalue weighted by atomic mass is 16.5. The van der Waals surface area contributed by atoms with E-state index in [9.17, 15) is 0 Å². The molecule has 5 nitrogen and oxygen atoms in total. The van der Waals surface area contributed by atoms with Gasteiger partial charge in [0.05, 0.1) is 13.7 Å². The fourth-order valence-corrected chi connectivity index (χ4v) is 2.36. The Balaban J connectivity index is 2.03. The molecule has 1 aliphatic rings. The van der Waals surface area contributed by atoms with E-state index in [4.69, 9.17) is 14.2 Å². The van der Waals surface area contributed by atoms with Crippen LogP contribution in [0.2, 0.25) is 0 Å². The Morgan fingerprint density at radius 2 is 2.30 bits per heavy atom. The van der Waals surface area contributed by atoms with Gasteiger partial charge in [-0.2, -0.15) is 0 Å². The van der Waals surface area contributed by atoms with Crippen molar-refractivity contribution in [1.82, 2.24) is 10.2 Å². The van der Waals surface area contributed by atoms with E-state index in [0.29, 0.717) is 6.61 Å². The van der Waals surface area contributed by atoms with Crippen LogP contribution >= 0.6 is 0 Å². The molecule has 1 aromatic carbocycles. The number of nitrogens with one attached hydrogen (secondary N) is 1. The van der Waals surface area contributed by atoms with Gasteiger partial charge >= 0.3 is 0 Å². The molecule has 20 heavy (non-hydrogen) atoms. The SMILES string of the molecule is CNCc1cccc(OC)c1OCC1CN(C)CCO1. The minimum Gasteiger partial charge on any atom is -0.493 e. The standard InChI is InChI=1S/C15H24N2O3/c1-16-9-12-5-4-6-14(18-3)15(12)20-11-13-10-17(2)7-8-19-13/h4-6,13,16H,7-11H2,1-3H3. The highest BCUT2D eigenvalue weighted by molar-refractivity contribution is 5.46. The number of para-hydroxylation sites is 1. The Bertz CT molecular complexity index is 426. The fourth-order valence-electron chi connectivity index (χ4n) is 2.36. The number of ether oxygens (including phenoxy) is 3. The molecule has 1 aromatic rings. The molecule has 2 rings (SSSR count). The summed E-state index contributed by atoms with van der Waals surface area (Å²) in [5.41, 5.74) is 1.09. The third-order valence-electron chi connectivity index (χ3n) is 3.40. The fraction of sp³-hybridized carbons (Fsp3) is 0.600. The summed E-state index contributed by atoms with van der Waals surface area (Å²) in [6.45, 7) is 3.94. The van der Waals surface area contributed by atoms with Crippen molar-refractivity contribution in [2.45, 2.75) is 12.6 Å². The molecular weight excluding hydrogens is 256 g/mol. The molecule has 1 saturated heterocycles. The van der Waals surface area contributed by atoms with Crippen LogP contribution in [0, 0.1) is 0 Å². The Morgan fingerprint density at radius 3 is 3.00 bits per heavy atom. The summed E-state index contributed by atoms with van der Waals surface area (Å²) in [4.78, 5) is 2.26. The zero-order valence-corrected chi connectivity index (χ0v) is 12.5. The predicted octanol–water partition coefficient (Wildman–Crippen LogP) is 1.12. The average molecular weight is 280 g/mol. The van der Waals surface area contributed by atoms with Crippen LogP contribution in [-0.4, -0.2) is 58.5 Å². The van der Waals surface area contributed by atoms with Crippen molar-refractivity contribution < 1.29 is 14.2 Å². The first-order valence-electron chi connectivity index (χ1n) is 6.98. The van der Waals surface area contributed by atoms with Crippen LogP contribution in [0.3, 0.4) is 0 Å². The first-order chi connectivity index (χ1) is 9.74. The van der Waals surface area contributed by atoms with Crippen LogP contribution in [0.25, 0.3) is 0 Å². The van der Waals surface area contributed by atoms with E-state index in [1.165, 1.54) is 0 Å². The van der Waals surface area contributed by atoms with Gasteiger partial charge in [0.25, 0.3) is 0 Å². The van der Waals surface area contributed by atoms with Crippen LogP contribution in [0.5, 0.6) is 11.5 Å². The van der Waals surface area contributed by atoms with Gasteiger partial charge in [0.15, 0.2) is 11.5 Å². The quantitative estimate of drug-likeness (QED) is 0.846. The molecule has 0 spiro atoms. The molecular formula is C15H24N2O3. The van der Waals surface area contributed by atoms with Crippen molar-refractivity contribution in [3.63, 3.8) is 0 Å². The van der Waals surface area contributed by atoms with Crippen LogP contribution in [0.1, 0.15) is 5.56 Å². The number of rotatable bonds is 6. The van der Waals surface area contributed by atoms with Gasteiger partial charge in [-0.1, -0.05) is 12.1 Å². The van der Waals surface area contributed by atoms with Gasteiger partial charge in [-0.3, -0.25) is 0 Å². The minimum absolute atomic E-state index is 0.112. The molecule has 1 N–H and O–H groups in total. The van der Waals surface area contributed by atoms with Crippen molar-refractivity contribution in [3.8, 4) is 11.5 Å². The van der Waals surface area contributed by atoms with Gasteiger partial charge in [-0.05, 0) is 20.2 Å². The molecule has 1 fully saturated rings. The predicted molar refractivity (Wildman–Crippen MR) is 78.5 cm³/mol. The monoisotopic (exact) mass is 280 g/mol. The van der Waals surface area contributed by atoms with Crippen molar-refractivity contribution in [3.05, 3.63) is 23.8 Å². The molecule has 0 aliphatic carbocycles. The normalized spacial score (nSPS) is 19.9. The molecule has 0 aromatic heterocycles. The van der Waals surface area contributed by atoms with E-state index < -0.39 is 0 Å². The average Bonchev–Trinajstić information content (AvgIpc) is 2.46.